The average molecular weight is 289 g/mol. The number of hydrogen-bond acceptors (Lipinski definition) is 3. The predicted molar refractivity (Wildman–Crippen MR) is 82.2 cm³/mol. The molecule has 0 radical (unpaired) electrons. The van der Waals surface area contributed by atoms with Gasteiger partial charge in [0.25, 0.3) is 5.91 Å². The molecule has 2 aromatic rings. The third-order valence-corrected chi connectivity index (χ3v) is 5.02. The topological polar surface area (TPSA) is 40.5 Å². The number of aliphatic hydroxyl groups excluding tert-OH is 1. The lowest BCUT2D eigenvalue weighted by Crippen LogP contribution is -2.42. The molecule has 20 heavy (non-hydrogen) atoms. The fraction of sp³-hybridized carbons (Fsp3) is 0.438. The van der Waals surface area contributed by atoms with Gasteiger partial charge in [0.1, 0.15) is 0 Å². The van der Waals surface area contributed by atoms with Crippen molar-refractivity contribution in [2.45, 2.75) is 31.7 Å². The Morgan fingerprint density at radius 1 is 1.30 bits per heavy atom. The van der Waals surface area contributed by atoms with E-state index in [-0.39, 0.29) is 18.6 Å². The van der Waals surface area contributed by atoms with Crippen LogP contribution in [0.15, 0.2) is 29.6 Å². The van der Waals surface area contributed by atoms with Gasteiger partial charge in [-0.15, -0.1) is 11.3 Å². The number of hydrogen-bond donors (Lipinski definition) is 1. The summed E-state index contributed by atoms with van der Waals surface area (Å²) in [6, 6.07) is 7.99. The predicted octanol–water partition coefficient (Wildman–Crippen LogP) is 3.28. The first-order valence-electron chi connectivity index (χ1n) is 7.19. The summed E-state index contributed by atoms with van der Waals surface area (Å²) in [6.07, 6.45) is 4.18. The van der Waals surface area contributed by atoms with Crippen LogP contribution in [0.3, 0.4) is 0 Å². The second-order valence-electron chi connectivity index (χ2n) is 5.33. The van der Waals surface area contributed by atoms with Gasteiger partial charge in [0.15, 0.2) is 0 Å². The Labute approximate surface area is 122 Å². The summed E-state index contributed by atoms with van der Waals surface area (Å²) in [5.41, 5.74) is 0.783. The molecule has 1 aromatic heterocycles. The van der Waals surface area contributed by atoms with E-state index in [1.807, 2.05) is 34.5 Å². The van der Waals surface area contributed by atoms with Gasteiger partial charge in [-0.25, -0.2) is 0 Å². The largest absolute Gasteiger partial charge is 0.394 e. The third kappa shape index (κ3) is 2.45. The first-order valence-corrected chi connectivity index (χ1v) is 8.07. The number of rotatable bonds is 2. The molecule has 1 saturated heterocycles. The Balaban J connectivity index is 1.94. The minimum absolute atomic E-state index is 0.0244. The van der Waals surface area contributed by atoms with Crippen LogP contribution in [0.25, 0.3) is 10.1 Å². The van der Waals surface area contributed by atoms with E-state index in [1.54, 1.807) is 11.3 Å². The van der Waals surface area contributed by atoms with E-state index >= 15 is 0 Å². The van der Waals surface area contributed by atoms with Gasteiger partial charge in [-0.05, 0) is 18.9 Å². The molecule has 0 aliphatic carbocycles. The Morgan fingerprint density at radius 2 is 2.15 bits per heavy atom. The van der Waals surface area contributed by atoms with Crippen molar-refractivity contribution in [3.8, 4) is 0 Å². The first kappa shape index (κ1) is 13.6. The summed E-state index contributed by atoms with van der Waals surface area (Å²) < 4.78 is 1.14. The van der Waals surface area contributed by atoms with Crippen LogP contribution in [0, 0.1) is 0 Å². The van der Waals surface area contributed by atoms with E-state index < -0.39 is 0 Å². The van der Waals surface area contributed by atoms with Crippen molar-refractivity contribution in [3.05, 3.63) is 35.2 Å². The van der Waals surface area contributed by atoms with Gasteiger partial charge in [-0.1, -0.05) is 31.0 Å². The summed E-state index contributed by atoms with van der Waals surface area (Å²) in [7, 11) is 0. The van der Waals surface area contributed by atoms with E-state index in [0.717, 1.165) is 47.9 Å². The minimum Gasteiger partial charge on any atom is -0.394 e. The molecule has 0 saturated carbocycles. The molecule has 4 heteroatoms. The number of likely N-dealkylation sites (tertiary alicyclic amines) is 1. The van der Waals surface area contributed by atoms with Gasteiger partial charge < -0.3 is 10.0 Å². The number of carbonyl (C=O) groups is 1. The lowest BCUT2D eigenvalue weighted by atomic mass is 10.1. The maximum atomic E-state index is 12.8. The molecule has 1 aromatic carbocycles. The highest BCUT2D eigenvalue weighted by atomic mass is 32.1. The minimum atomic E-state index is -0.0244. The molecule has 3 rings (SSSR count). The van der Waals surface area contributed by atoms with Gasteiger partial charge in [0.2, 0.25) is 0 Å². The van der Waals surface area contributed by atoms with Gasteiger partial charge in [-0.2, -0.15) is 0 Å². The van der Waals surface area contributed by atoms with Crippen LogP contribution in [0.1, 0.15) is 36.0 Å². The Morgan fingerprint density at radius 3 is 3.00 bits per heavy atom. The average Bonchev–Trinajstić information content (AvgIpc) is 2.76. The second kappa shape index (κ2) is 5.94. The van der Waals surface area contributed by atoms with Crippen LogP contribution in [-0.4, -0.2) is 35.1 Å². The number of nitrogens with zero attached hydrogens (tertiary/aromatic N) is 1. The fourth-order valence-electron chi connectivity index (χ4n) is 2.93. The second-order valence-corrected chi connectivity index (χ2v) is 6.24. The van der Waals surface area contributed by atoms with Crippen molar-refractivity contribution in [3.63, 3.8) is 0 Å². The number of benzene rings is 1. The van der Waals surface area contributed by atoms with Gasteiger partial charge in [0, 0.05) is 22.0 Å². The number of carbonyl (C=O) groups excluding carboxylic acids is 1. The number of thiophene rings is 1. The van der Waals surface area contributed by atoms with E-state index in [1.165, 1.54) is 0 Å². The monoisotopic (exact) mass is 289 g/mol. The van der Waals surface area contributed by atoms with Crippen molar-refractivity contribution >= 4 is 27.3 Å². The van der Waals surface area contributed by atoms with Gasteiger partial charge in [0.05, 0.1) is 18.2 Å². The molecule has 1 aliphatic heterocycles. The highest BCUT2D eigenvalue weighted by Crippen LogP contribution is 2.28. The number of fused-ring (bicyclic) bond motifs is 1. The SMILES string of the molecule is O=C(c1csc2ccccc12)N1CCCCCC1CO. The van der Waals surface area contributed by atoms with Crippen LogP contribution >= 0.6 is 11.3 Å². The van der Waals surface area contributed by atoms with Crippen LogP contribution in [0.5, 0.6) is 0 Å². The van der Waals surface area contributed by atoms with E-state index in [0.29, 0.717) is 0 Å². The standard InChI is InChI=1S/C16H19NO2S/c18-10-12-6-2-1-5-9-17(12)16(19)14-11-20-15-8-4-3-7-13(14)15/h3-4,7-8,11-12,18H,1-2,5-6,9-10H2. The molecule has 1 fully saturated rings. The number of aliphatic hydroxyl groups is 1. The maximum Gasteiger partial charge on any atom is 0.255 e. The number of amides is 1. The molecular formula is C16H19NO2S. The molecule has 106 valence electrons. The smallest absolute Gasteiger partial charge is 0.255 e. The first-order chi connectivity index (χ1) is 9.81. The zero-order chi connectivity index (χ0) is 13.9. The summed E-state index contributed by atoms with van der Waals surface area (Å²) in [6.45, 7) is 0.821. The molecule has 2 heterocycles. The third-order valence-electron chi connectivity index (χ3n) is 4.06. The van der Waals surface area contributed by atoms with E-state index in [2.05, 4.69) is 0 Å². The Kier molecular flexibility index (Phi) is 4.03. The molecule has 1 N–H and O–H groups in total. The van der Waals surface area contributed by atoms with E-state index in [4.69, 9.17) is 0 Å². The van der Waals surface area contributed by atoms with Gasteiger partial charge >= 0.3 is 0 Å². The Hall–Kier alpha value is -1.39. The lowest BCUT2D eigenvalue weighted by molar-refractivity contribution is 0.0602. The molecule has 1 unspecified atom stereocenters. The van der Waals surface area contributed by atoms with Crippen LogP contribution < -0.4 is 0 Å². The van der Waals surface area contributed by atoms with Crippen molar-refractivity contribution in [1.29, 1.82) is 0 Å². The summed E-state index contributed by atoms with van der Waals surface area (Å²) in [4.78, 5) is 14.7. The van der Waals surface area contributed by atoms with Crippen molar-refractivity contribution in [1.82, 2.24) is 4.90 Å². The van der Waals surface area contributed by atoms with Crippen LogP contribution in [0.2, 0.25) is 0 Å². The molecule has 1 atom stereocenters. The fourth-order valence-corrected chi connectivity index (χ4v) is 3.87. The zero-order valence-corrected chi connectivity index (χ0v) is 12.2. The Bertz CT molecular complexity index is 607. The molecule has 1 amide bonds. The normalized spacial score (nSPS) is 20.1. The molecular weight excluding hydrogens is 270 g/mol. The summed E-state index contributed by atoms with van der Waals surface area (Å²) >= 11 is 1.61. The van der Waals surface area contributed by atoms with Gasteiger partial charge in [-0.3, -0.25) is 4.79 Å². The molecule has 3 nitrogen and oxygen atoms in total. The van der Waals surface area contributed by atoms with Crippen molar-refractivity contribution in [2.75, 3.05) is 13.2 Å². The molecule has 1 aliphatic rings. The summed E-state index contributed by atoms with van der Waals surface area (Å²) in [5.74, 6) is 0.0726. The molecule has 0 spiro atoms. The van der Waals surface area contributed by atoms with E-state index in [9.17, 15) is 9.90 Å². The lowest BCUT2D eigenvalue weighted by Gasteiger charge is -2.28. The van der Waals surface area contributed by atoms with Crippen LogP contribution in [0.4, 0.5) is 0 Å². The summed E-state index contributed by atoms with van der Waals surface area (Å²) in [5, 5.41) is 12.5. The zero-order valence-electron chi connectivity index (χ0n) is 11.4. The molecule has 0 bridgehead atoms. The quantitative estimate of drug-likeness (QED) is 0.921. The maximum absolute atomic E-state index is 12.8. The highest BCUT2D eigenvalue weighted by molar-refractivity contribution is 7.17. The van der Waals surface area contributed by atoms with Crippen molar-refractivity contribution < 1.29 is 9.90 Å². The highest BCUT2D eigenvalue weighted by Gasteiger charge is 2.27. The van der Waals surface area contributed by atoms with Crippen molar-refractivity contribution in [2.24, 2.45) is 0 Å². The van der Waals surface area contributed by atoms with Crippen LogP contribution in [-0.2, 0) is 0 Å².